The topological polar surface area (TPSA) is 54.0 Å². The van der Waals surface area contributed by atoms with E-state index in [9.17, 15) is 4.79 Å². The Hall–Kier alpha value is -0.940. The number of hydrogen-bond donors (Lipinski definition) is 2. The van der Waals surface area contributed by atoms with E-state index < -0.39 is 0 Å². The lowest BCUT2D eigenvalue weighted by Gasteiger charge is -2.14. The summed E-state index contributed by atoms with van der Waals surface area (Å²) in [6.45, 7) is 12.3. The third-order valence-electron chi connectivity index (χ3n) is 2.59. The smallest absolute Gasteiger partial charge is 0.233 e. The Labute approximate surface area is 120 Å². The van der Waals surface area contributed by atoms with Crippen molar-refractivity contribution in [2.45, 2.75) is 46.6 Å². The number of carbonyl (C=O) groups excluding carboxylic acids is 1. The van der Waals surface area contributed by atoms with Crippen LogP contribution in [0.25, 0.3) is 0 Å². The Morgan fingerprint density at radius 1 is 1.42 bits per heavy atom. The molecule has 1 rings (SSSR count). The highest BCUT2D eigenvalue weighted by atomic mass is 32.1. The molecule has 0 unspecified atom stereocenters. The minimum atomic E-state index is 0.0429. The Morgan fingerprint density at radius 3 is 2.63 bits per heavy atom. The fourth-order valence-corrected chi connectivity index (χ4v) is 2.39. The molecule has 0 saturated carbocycles. The first-order chi connectivity index (χ1) is 8.79. The average molecular weight is 283 g/mol. The summed E-state index contributed by atoms with van der Waals surface area (Å²) < 4.78 is 0. The maximum Gasteiger partial charge on any atom is 0.233 e. The lowest BCUT2D eigenvalue weighted by molar-refractivity contribution is -0.120. The van der Waals surface area contributed by atoms with E-state index in [0.717, 1.165) is 17.2 Å². The molecule has 19 heavy (non-hydrogen) atoms. The predicted molar refractivity (Wildman–Crippen MR) is 80.4 cm³/mol. The highest BCUT2D eigenvalue weighted by Crippen LogP contribution is 2.23. The molecule has 5 heteroatoms. The molecule has 0 aliphatic heterocycles. The van der Waals surface area contributed by atoms with Crippen LogP contribution in [0.2, 0.25) is 0 Å². The summed E-state index contributed by atoms with van der Waals surface area (Å²) in [6.07, 6.45) is 0. The van der Waals surface area contributed by atoms with Gasteiger partial charge in [-0.1, -0.05) is 34.6 Å². The molecule has 0 spiro atoms. The van der Waals surface area contributed by atoms with Gasteiger partial charge in [0.1, 0.15) is 5.01 Å². The third-order valence-corrected chi connectivity index (χ3v) is 3.44. The van der Waals surface area contributed by atoms with E-state index in [-0.39, 0.29) is 11.3 Å². The maximum absolute atomic E-state index is 11.5. The molecule has 0 radical (unpaired) electrons. The summed E-state index contributed by atoms with van der Waals surface area (Å²) in [5, 5.41) is 9.13. The first kappa shape index (κ1) is 16.1. The average Bonchev–Trinajstić information content (AvgIpc) is 2.74. The summed E-state index contributed by atoms with van der Waals surface area (Å²) >= 11 is 1.64. The van der Waals surface area contributed by atoms with Crippen molar-refractivity contribution in [3.63, 3.8) is 0 Å². The summed E-state index contributed by atoms with van der Waals surface area (Å²) in [7, 11) is 0. The summed E-state index contributed by atoms with van der Waals surface area (Å²) in [5.41, 5.74) is 1.20. The second-order valence-electron chi connectivity index (χ2n) is 6.18. The molecule has 0 aliphatic carbocycles. The number of nitrogens with zero attached hydrogens (tertiary/aromatic N) is 1. The Balaban J connectivity index is 2.30. The number of nitrogens with one attached hydrogen (secondary N) is 2. The molecule has 0 bridgehead atoms. The van der Waals surface area contributed by atoms with Gasteiger partial charge in [-0.15, -0.1) is 11.3 Å². The van der Waals surface area contributed by atoms with Gasteiger partial charge in [-0.2, -0.15) is 0 Å². The number of thiazole rings is 1. The van der Waals surface area contributed by atoms with Crippen LogP contribution in [-0.2, 0) is 16.8 Å². The summed E-state index contributed by atoms with van der Waals surface area (Å²) in [5.74, 6) is 0.526. The minimum Gasteiger partial charge on any atom is -0.355 e. The number of rotatable bonds is 6. The molecule has 0 aromatic carbocycles. The molecule has 2 N–H and O–H groups in total. The molecule has 108 valence electrons. The van der Waals surface area contributed by atoms with E-state index in [1.165, 1.54) is 0 Å². The normalized spacial score (nSPS) is 11.9. The molecule has 0 atom stereocenters. The monoisotopic (exact) mass is 283 g/mol. The van der Waals surface area contributed by atoms with Crippen molar-refractivity contribution in [3.8, 4) is 0 Å². The molecular weight excluding hydrogens is 258 g/mol. The number of carbonyl (C=O) groups is 1. The molecule has 1 aromatic rings. The van der Waals surface area contributed by atoms with Gasteiger partial charge in [0, 0.05) is 23.9 Å². The Bertz CT molecular complexity index is 407. The maximum atomic E-state index is 11.5. The van der Waals surface area contributed by atoms with Gasteiger partial charge in [-0.05, 0) is 5.92 Å². The van der Waals surface area contributed by atoms with Crippen molar-refractivity contribution in [1.82, 2.24) is 15.6 Å². The zero-order valence-electron chi connectivity index (χ0n) is 12.5. The van der Waals surface area contributed by atoms with Gasteiger partial charge in [-0.3, -0.25) is 4.79 Å². The van der Waals surface area contributed by atoms with Crippen LogP contribution in [0, 0.1) is 5.92 Å². The fourth-order valence-electron chi connectivity index (χ4n) is 1.40. The van der Waals surface area contributed by atoms with Crippen LogP contribution in [0.3, 0.4) is 0 Å². The van der Waals surface area contributed by atoms with Crippen LogP contribution in [0.15, 0.2) is 5.38 Å². The molecule has 0 fully saturated rings. The van der Waals surface area contributed by atoms with Crippen molar-refractivity contribution >= 4 is 17.2 Å². The van der Waals surface area contributed by atoms with E-state index in [0.29, 0.717) is 19.0 Å². The lowest BCUT2D eigenvalue weighted by atomic mass is 9.93. The second kappa shape index (κ2) is 7.01. The molecule has 1 heterocycles. The number of aromatic nitrogens is 1. The molecule has 0 aliphatic rings. The molecule has 4 nitrogen and oxygen atoms in total. The van der Waals surface area contributed by atoms with Gasteiger partial charge in [-0.25, -0.2) is 4.98 Å². The van der Waals surface area contributed by atoms with Crippen molar-refractivity contribution in [2.75, 3.05) is 13.1 Å². The first-order valence-corrected chi connectivity index (χ1v) is 7.59. The minimum absolute atomic E-state index is 0.0429. The van der Waals surface area contributed by atoms with Crippen molar-refractivity contribution < 1.29 is 4.79 Å². The van der Waals surface area contributed by atoms with E-state index in [1.54, 1.807) is 11.3 Å². The summed E-state index contributed by atoms with van der Waals surface area (Å²) in [6, 6.07) is 0. The van der Waals surface area contributed by atoms with Gasteiger partial charge < -0.3 is 10.6 Å². The lowest BCUT2D eigenvalue weighted by Crippen LogP contribution is -2.35. The van der Waals surface area contributed by atoms with Gasteiger partial charge in [0.05, 0.1) is 12.2 Å². The predicted octanol–water partition coefficient (Wildman–Crippen LogP) is 2.30. The van der Waals surface area contributed by atoms with Crippen LogP contribution in [0.1, 0.15) is 45.3 Å². The third kappa shape index (κ3) is 6.16. The summed E-state index contributed by atoms with van der Waals surface area (Å²) in [4.78, 5) is 16.1. The van der Waals surface area contributed by atoms with Gasteiger partial charge >= 0.3 is 0 Å². The molecule has 0 saturated heterocycles. The van der Waals surface area contributed by atoms with Crippen LogP contribution in [0.4, 0.5) is 0 Å². The van der Waals surface area contributed by atoms with E-state index in [2.05, 4.69) is 55.6 Å². The van der Waals surface area contributed by atoms with Crippen LogP contribution in [-0.4, -0.2) is 24.0 Å². The zero-order chi connectivity index (χ0) is 14.5. The van der Waals surface area contributed by atoms with Gasteiger partial charge in [0.25, 0.3) is 0 Å². The Morgan fingerprint density at radius 2 is 2.11 bits per heavy atom. The number of amides is 1. The van der Waals surface area contributed by atoms with Gasteiger partial charge in [0.2, 0.25) is 5.91 Å². The standard InChI is InChI=1S/C14H25N3OS/c1-10(2)6-16-12(18)7-15-8-13-17-11(9-19-13)14(3,4)5/h9-10,15H,6-8H2,1-5H3,(H,16,18). The second-order valence-corrected chi connectivity index (χ2v) is 7.12. The van der Waals surface area contributed by atoms with Crippen molar-refractivity contribution in [3.05, 3.63) is 16.1 Å². The van der Waals surface area contributed by atoms with Crippen LogP contribution in [0.5, 0.6) is 0 Å². The Kier molecular flexibility index (Phi) is 5.94. The quantitative estimate of drug-likeness (QED) is 0.842. The first-order valence-electron chi connectivity index (χ1n) is 6.71. The van der Waals surface area contributed by atoms with E-state index >= 15 is 0 Å². The highest BCUT2D eigenvalue weighted by Gasteiger charge is 2.17. The molecular formula is C14H25N3OS. The zero-order valence-corrected chi connectivity index (χ0v) is 13.4. The van der Waals surface area contributed by atoms with Crippen LogP contribution >= 0.6 is 11.3 Å². The SMILES string of the molecule is CC(C)CNC(=O)CNCc1nc(C(C)(C)C)cs1. The largest absolute Gasteiger partial charge is 0.355 e. The fraction of sp³-hybridized carbons (Fsp3) is 0.714. The van der Waals surface area contributed by atoms with Gasteiger partial charge in [0.15, 0.2) is 0 Å². The van der Waals surface area contributed by atoms with Crippen LogP contribution < -0.4 is 10.6 Å². The highest BCUT2D eigenvalue weighted by molar-refractivity contribution is 7.09. The van der Waals surface area contributed by atoms with Crippen molar-refractivity contribution in [2.24, 2.45) is 5.92 Å². The molecule has 1 aromatic heterocycles. The van der Waals surface area contributed by atoms with Crippen molar-refractivity contribution in [1.29, 1.82) is 0 Å². The van der Waals surface area contributed by atoms with E-state index in [1.807, 2.05) is 0 Å². The number of hydrogen-bond acceptors (Lipinski definition) is 4. The van der Waals surface area contributed by atoms with E-state index in [4.69, 9.17) is 0 Å². The molecule has 1 amide bonds.